The zero-order valence-electron chi connectivity index (χ0n) is 11.8. The summed E-state index contributed by atoms with van der Waals surface area (Å²) in [5.41, 5.74) is 0.0807. The lowest BCUT2D eigenvalue weighted by atomic mass is 9.92. The average molecular weight is 261 g/mol. The molecule has 0 aromatic heterocycles. The van der Waals surface area contributed by atoms with E-state index in [9.17, 15) is 5.11 Å². The first-order valence-corrected chi connectivity index (χ1v) is 6.67. The van der Waals surface area contributed by atoms with Crippen LogP contribution in [0.15, 0.2) is 0 Å². The Morgan fingerprint density at radius 2 is 2.00 bits per heavy atom. The fourth-order valence-electron chi connectivity index (χ4n) is 1.98. The van der Waals surface area contributed by atoms with Gasteiger partial charge in [0.1, 0.15) is 0 Å². The zero-order valence-corrected chi connectivity index (χ0v) is 11.8. The van der Waals surface area contributed by atoms with E-state index in [-0.39, 0.29) is 11.6 Å². The van der Waals surface area contributed by atoms with E-state index in [0.717, 1.165) is 26.1 Å². The number of hydrogen-bond acceptors (Lipinski definition) is 5. The molecule has 2 N–H and O–H groups in total. The number of β-amino-alcohol motifs (C(OH)–C–C–N with tert-alkyl or cyclic N) is 1. The standard InChI is InChI=1S/C13H27NO4/c1-11(9-16-3)18-10-12(15)8-14-13(2)4-6-17-7-5-13/h11-12,14-15H,4-10H2,1-3H3. The van der Waals surface area contributed by atoms with E-state index in [1.54, 1.807) is 7.11 Å². The van der Waals surface area contributed by atoms with Crippen LogP contribution in [0.4, 0.5) is 0 Å². The topological polar surface area (TPSA) is 60.0 Å². The third kappa shape index (κ3) is 6.11. The second-order valence-corrected chi connectivity index (χ2v) is 5.31. The molecular formula is C13H27NO4. The molecule has 108 valence electrons. The normalized spacial score (nSPS) is 22.7. The van der Waals surface area contributed by atoms with Gasteiger partial charge in [0.2, 0.25) is 0 Å². The smallest absolute Gasteiger partial charge is 0.0898 e. The molecule has 1 fully saturated rings. The molecule has 1 heterocycles. The molecule has 0 radical (unpaired) electrons. The Morgan fingerprint density at radius 1 is 1.33 bits per heavy atom. The summed E-state index contributed by atoms with van der Waals surface area (Å²) in [6.07, 6.45) is 1.51. The van der Waals surface area contributed by atoms with Gasteiger partial charge in [-0.1, -0.05) is 0 Å². The molecule has 18 heavy (non-hydrogen) atoms. The Morgan fingerprint density at radius 3 is 2.61 bits per heavy atom. The monoisotopic (exact) mass is 261 g/mol. The van der Waals surface area contributed by atoms with Crippen molar-refractivity contribution in [1.82, 2.24) is 5.32 Å². The number of methoxy groups -OCH3 is 1. The third-order valence-electron chi connectivity index (χ3n) is 3.34. The maximum Gasteiger partial charge on any atom is 0.0898 e. The highest BCUT2D eigenvalue weighted by atomic mass is 16.5. The summed E-state index contributed by atoms with van der Waals surface area (Å²) in [6.45, 7) is 7.14. The van der Waals surface area contributed by atoms with Crippen LogP contribution in [-0.4, -0.2) is 62.9 Å². The van der Waals surface area contributed by atoms with Crippen molar-refractivity contribution in [3.8, 4) is 0 Å². The van der Waals surface area contributed by atoms with Gasteiger partial charge in [0.15, 0.2) is 0 Å². The maximum atomic E-state index is 9.85. The second-order valence-electron chi connectivity index (χ2n) is 5.31. The Hall–Kier alpha value is -0.200. The predicted molar refractivity (Wildman–Crippen MR) is 69.8 cm³/mol. The lowest BCUT2D eigenvalue weighted by molar-refractivity contribution is -0.0349. The van der Waals surface area contributed by atoms with E-state index in [0.29, 0.717) is 19.8 Å². The number of hydrogen-bond donors (Lipinski definition) is 2. The molecule has 1 saturated heterocycles. The molecule has 0 amide bonds. The van der Waals surface area contributed by atoms with Crippen LogP contribution in [0.1, 0.15) is 26.7 Å². The van der Waals surface area contributed by atoms with Crippen molar-refractivity contribution < 1.29 is 19.3 Å². The number of rotatable bonds is 8. The Balaban J connectivity index is 2.14. The minimum Gasteiger partial charge on any atom is -0.389 e. The van der Waals surface area contributed by atoms with E-state index in [2.05, 4.69) is 12.2 Å². The van der Waals surface area contributed by atoms with Gasteiger partial charge in [-0.05, 0) is 26.7 Å². The molecule has 0 bridgehead atoms. The van der Waals surface area contributed by atoms with Gasteiger partial charge >= 0.3 is 0 Å². The van der Waals surface area contributed by atoms with Gasteiger partial charge in [0.05, 0.1) is 25.4 Å². The van der Waals surface area contributed by atoms with Crippen LogP contribution in [0, 0.1) is 0 Å². The molecule has 5 nitrogen and oxygen atoms in total. The second kappa shape index (κ2) is 8.07. The minimum atomic E-state index is -0.482. The highest BCUT2D eigenvalue weighted by molar-refractivity contribution is 4.86. The summed E-state index contributed by atoms with van der Waals surface area (Å²) in [5, 5.41) is 13.3. The fourth-order valence-corrected chi connectivity index (χ4v) is 1.98. The molecule has 0 aliphatic carbocycles. The molecule has 2 atom stereocenters. The van der Waals surface area contributed by atoms with Crippen molar-refractivity contribution in [3.05, 3.63) is 0 Å². The molecule has 1 aliphatic rings. The molecule has 1 rings (SSSR count). The summed E-state index contributed by atoms with van der Waals surface area (Å²) in [4.78, 5) is 0. The van der Waals surface area contributed by atoms with Crippen LogP contribution in [-0.2, 0) is 14.2 Å². The maximum absolute atomic E-state index is 9.85. The van der Waals surface area contributed by atoms with Gasteiger partial charge in [0, 0.05) is 32.4 Å². The SMILES string of the molecule is COCC(C)OCC(O)CNC1(C)CCOCC1. The average Bonchev–Trinajstić information content (AvgIpc) is 2.35. The first-order valence-electron chi connectivity index (χ1n) is 6.67. The summed E-state index contributed by atoms with van der Waals surface area (Å²) >= 11 is 0. The third-order valence-corrected chi connectivity index (χ3v) is 3.34. The van der Waals surface area contributed by atoms with E-state index < -0.39 is 6.10 Å². The van der Waals surface area contributed by atoms with Crippen molar-refractivity contribution >= 4 is 0 Å². The van der Waals surface area contributed by atoms with Gasteiger partial charge in [-0.3, -0.25) is 0 Å². The van der Waals surface area contributed by atoms with E-state index in [1.807, 2.05) is 6.92 Å². The van der Waals surface area contributed by atoms with Gasteiger partial charge in [0.25, 0.3) is 0 Å². The number of aliphatic hydroxyl groups excluding tert-OH is 1. The Bertz CT molecular complexity index is 219. The lowest BCUT2D eigenvalue weighted by Crippen LogP contribution is -2.50. The molecular weight excluding hydrogens is 234 g/mol. The zero-order chi connectivity index (χ0) is 13.4. The quantitative estimate of drug-likeness (QED) is 0.668. The van der Waals surface area contributed by atoms with Gasteiger partial charge < -0.3 is 24.6 Å². The summed E-state index contributed by atoms with van der Waals surface area (Å²) in [6, 6.07) is 0. The van der Waals surface area contributed by atoms with Gasteiger partial charge in [-0.15, -0.1) is 0 Å². The van der Waals surface area contributed by atoms with Gasteiger partial charge in [-0.2, -0.15) is 0 Å². The number of ether oxygens (including phenoxy) is 3. The van der Waals surface area contributed by atoms with Crippen LogP contribution >= 0.6 is 0 Å². The molecule has 0 saturated carbocycles. The largest absolute Gasteiger partial charge is 0.389 e. The van der Waals surface area contributed by atoms with E-state index in [1.165, 1.54) is 0 Å². The molecule has 0 aromatic rings. The highest BCUT2D eigenvalue weighted by Crippen LogP contribution is 2.19. The minimum absolute atomic E-state index is 0.0170. The summed E-state index contributed by atoms with van der Waals surface area (Å²) < 4.78 is 15.8. The van der Waals surface area contributed by atoms with Crippen molar-refractivity contribution in [2.75, 3.05) is 40.1 Å². The van der Waals surface area contributed by atoms with E-state index >= 15 is 0 Å². The van der Waals surface area contributed by atoms with E-state index in [4.69, 9.17) is 14.2 Å². The molecule has 2 unspecified atom stereocenters. The molecule has 0 aromatic carbocycles. The highest BCUT2D eigenvalue weighted by Gasteiger charge is 2.27. The van der Waals surface area contributed by atoms with Crippen LogP contribution in [0.3, 0.4) is 0 Å². The first-order chi connectivity index (χ1) is 8.56. The fraction of sp³-hybridized carbons (Fsp3) is 1.00. The summed E-state index contributed by atoms with van der Waals surface area (Å²) in [5.74, 6) is 0. The predicted octanol–water partition coefficient (Wildman–Crippen LogP) is 0.558. The lowest BCUT2D eigenvalue weighted by Gasteiger charge is -2.35. The molecule has 5 heteroatoms. The van der Waals surface area contributed by atoms with Crippen LogP contribution < -0.4 is 5.32 Å². The number of nitrogens with one attached hydrogen (secondary N) is 1. The number of aliphatic hydroxyl groups is 1. The Kier molecular flexibility index (Phi) is 7.11. The molecule has 0 spiro atoms. The van der Waals surface area contributed by atoms with Gasteiger partial charge in [-0.25, -0.2) is 0 Å². The van der Waals surface area contributed by atoms with Crippen molar-refractivity contribution in [2.24, 2.45) is 0 Å². The first kappa shape index (κ1) is 15.9. The van der Waals surface area contributed by atoms with Crippen LogP contribution in [0.2, 0.25) is 0 Å². The Labute approximate surface area is 110 Å². The molecule has 1 aliphatic heterocycles. The summed E-state index contributed by atoms with van der Waals surface area (Å²) in [7, 11) is 1.64. The van der Waals surface area contributed by atoms with Crippen molar-refractivity contribution in [1.29, 1.82) is 0 Å². The van der Waals surface area contributed by atoms with Crippen molar-refractivity contribution in [2.45, 2.75) is 44.4 Å². The van der Waals surface area contributed by atoms with Crippen LogP contribution in [0.25, 0.3) is 0 Å². The van der Waals surface area contributed by atoms with Crippen molar-refractivity contribution in [3.63, 3.8) is 0 Å². The van der Waals surface area contributed by atoms with Crippen LogP contribution in [0.5, 0.6) is 0 Å².